The summed E-state index contributed by atoms with van der Waals surface area (Å²) >= 11 is 0. The van der Waals surface area contributed by atoms with E-state index in [1.807, 2.05) is 14.1 Å². The van der Waals surface area contributed by atoms with Crippen molar-refractivity contribution in [3.8, 4) is 0 Å². The highest BCUT2D eigenvalue weighted by Crippen LogP contribution is 2.42. The van der Waals surface area contributed by atoms with Crippen molar-refractivity contribution in [2.45, 2.75) is 45.6 Å². The smallest absolute Gasteiger partial charge is 0.340 e. The molecule has 0 spiro atoms. The first kappa shape index (κ1) is 19.4. The van der Waals surface area contributed by atoms with Gasteiger partial charge in [0.1, 0.15) is 5.82 Å². The second-order valence-corrected chi connectivity index (χ2v) is 7.21. The van der Waals surface area contributed by atoms with Crippen LogP contribution in [0.25, 0.3) is 0 Å². The predicted molar refractivity (Wildman–Crippen MR) is 95.0 cm³/mol. The number of quaternary nitrogens is 1. The predicted octanol–water partition coefficient (Wildman–Crippen LogP) is 3.27. The average molecular weight is 351 g/mol. The summed E-state index contributed by atoms with van der Waals surface area (Å²) in [6.07, 6.45) is 2.60. The summed E-state index contributed by atoms with van der Waals surface area (Å²) in [5, 5.41) is 2.91. The molecule has 1 aliphatic carbocycles. The standard InChI is InChI=1S/C19H27FN2O3/c1-6-22(4,5)19(9-8-10-19)18(24)21-16-13(3)11-14(20)12-15(16)17(23)25-7-2/h11-12H,6-10H2,1-5H3/p+1. The molecular weight excluding hydrogens is 323 g/mol. The monoisotopic (exact) mass is 351 g/mol. The Labute approximate surface area is 148 Å². The van der Waals surface area contributed by atoms with Crippen LogP contribution in [-0.2, 0) is 9.53 Å². The maximum absolute atomic E-state index is 13.8. The van der Waals surface area contributed by atoms with Crippen LogP contribution in [0.3, 0.4) is 0 Å². The number of rotatable bonds is 6. The van der Waals surface area contributed by atoms with Gasteiger partial charge in [0, 0.05) is 12.8 Å². The first-order chi connectivity index (χ1) is 11.7. The Morgan fingerprint density at radius 3 is 2.40 bits per heavy atom. The molecule has 1 aromatic rings. The Kier molecular flexibility index (Phi) is 5.52. The van der Waals surface area contributed by atoms with E-state index in [0.717, 1.165) is 31.9 Å². The first-order valence-electron chi connectivity index (χ1n) is 8.80. The number of carbonyl (C=O) groups is 2. The summed E-state index contributed by atoms with van der Waals surface area (Å²) in [6, 6.07) is 2.43. The van der Waals surface area contributed by atoms with E-state index in [-0.39, 0.29) is 18.1 Å². The van der Waals surface area contributed by atoms with E-state index in [4.69, 9.17) is 4.74 Å². The number of benzene rings is 1. The molecule has 0 unspecified atom stereocenters. The first-order valence-corrected chi connectivity index (χ1v) is 8.80. The zero-order chi connectivity index (χ0) is 18.8. The normalized spacial score (nSPS) is 16.1. The van der Waals surface area contributed by atoms with Crippen molar-refractivity contribution in [1.82, 2.24) is 0 Å². The molecule has 0 aromatic heterocycles. The minimum absolute atomic E-state index is 0.0592. The molecular formula is C19H28FN2O3+. The SMILES string of the molecule is CCOC(=O)c1cc(F)cc(C)c1NC(=O)C1([N+](C)(C)CC)CCC1. The molecule has 2 rings (SSSR count). The topological polar surface area (TPSA) is 55.4 Å². The summed E-state index contributed by atoms with van der Waals surface area (Å²) in [6.45, 7) is 6.42. The molecule has 1 aliphatic rings. The van der Waals surface area contributed by atoms with Gasteiger partial charge < -0.3 is 14.5 Å². The summed E-state index contributed by atoms with van der Waals surface area (Å²) in [7, 11) is 4.09. The van der Waals surface area contributed by atoms with E-state index in [9.17, 15) is 14.0 Å². The number of nitrogens with zero attached hydrogens (tertiary/aromatic N) is 1. The molecule has 1 aromatic carbocycles. The molecule has 6 heteroatoms. The number of hydrogen-bond acceptors (Lipinski definition) is 3. The fourth-order valence-corrected chi connectivity index (χ4v) is 3.43. The summed E-state index contributed by atoms with van der Waals surface area (Å²) < 4.78 is 19.4. The second kappa shape index (κ2) is 7.12. The maximum atomic E-state index is 13.8. The van der Waals surface area contributed by atoms with Crippen LogP contribution in [-0.4, -0.2) is 49.1 Å². The Bertz CT molecular complexity index is 681. The van der Waals surface area contributed by atoms with Crippen molar-refractivity contribution in [3.63, 3.8) is 0 Å². The van der Waals surface area contributed by atoms with Crippen molar-refractivity contribution in [2.75, 3.05) is 32.6 Å². The van der Waals surface area contributed by atoms with Gasteiger partial charge in [-0.25, -0.2) is 9.18 Å². The highest BCUT2D eigenvalue weighted by atomic mass is 19.1. The van der Waals surface area contributed by atoms with E-state index < -0.39 is 17.3 Å². The number of ether oxygens (including phenoxy) is 1. The van der Waals surface area contributed by atoms with Crippen LogP contribution in [0.15, 0.2) is 12.1 Å². The van der Waals surface area contributed by atoms with Gasteiger partial charge in [-0.1, -0.05) is 0 Å². The number of amides is 1. The number of carbonyl (C=O) groups excluding carboxylic acids is 2. The largest absolute Gasteiger partial charge is 0.462 e. The summed E-state index contributed by atoms with van der Waals surface area (Å²) in [4.78, 5) is 25.3. The van der Waals surface area contributed by atoms with Gasteiger partial charge >= 0.3 is 5.97 Å². The third-order valence-electron chi connectivity index (χ3n) is 5.59. The van der Waals surface area contributed by atoms with Crippen molar-refractivity contribution in [1.29, 1.82) is 0 Å². The molecule has 1 fully saturated rings. The zero-order valence-electron chi connectivity index (χ0n) is 15.7. The van der Waals surface area contributed by atoms with Gasteiger partial charge in [-0.3, -0.25) is 4.79 Å². The molecule has 25 heavy (non-hydrogen) atoms. The quantitative estimate of drug-likeness (QED) is 0.632. The lowest BCUT2D eigenvalue weighted by Gasteiger charge is -2.52. The van der Waals surface area contributed by atoms with Gasteiger partial charge in [0.15, 0.2) is 5.54 Å². The Balaban J connectivity index is 2.39. The second-order valence-electron chi connectivity index (χ2n) is 7.21. The van der Waals surface area contributed by atoms with E-state index in [2.05, 4.69) is 12.2 Å². The molecule has 0 radical (unpaired) electrons. The number of likely N-dealkylation sites (N-methyl/N-ethyl adjacent to an activating group) is 1. The summed E-state index contributed by atoms with van der Waals surface area (Å²) in [5.74, 6) is -1.28. The van der Waals surface area contributed by atoms with Gasteiger partial charge in [-0.2, -0.15) is 0 Å². The molecule has 138 valence electrons. The van der Waals surface area contributed by atoms with Gasteiger partial charge in [-0.15, -0.1) is 0 Å². The van der Waals surface area contributed by atoms with Crippen LogP contribution in [0.4, 0.5) is 10.1 Å². The fourth-order valence-electron chi connectivity index (χ4n) is 3.43. The summed E-state index contributed by atoms with van der Waals surface area (Å²) in [5.41, 5.74) is 0.394. The molecule has 0 aliphatic heterocycles. The highest BCUT2D eigenvalue weighted by molar-refractivity contribution is 6.05. The molecule has 5 nitrogen and oxygen atoms in total. The minimum Gasteiger partial charge on any atom is -0.462 e. The van der Waals surface area contributed by atoms with Crippen LogP contribution in [0.2, 0.25) is 0 Å². The third kappa shape index (κ3) is 3.40. The zero-order valence-corrected chi connectivity index (χ0v) is 15.7. The fraction of sp³-hybridized carbons (Fsp3) is 0.579. The van der Waals surface area contributed by atoms with Crippen LogP contribution in [0.1, 0.15) is 49.0 Å². The molecule has 1 saturated carbocycles. The lowest BCUT2D eigenvalue weighted by atomic mass is 9.73. The lowest BCUT2D eigenvalue weighted by molar-refractivity contribution is -0.936. The van der Waals surface area contributed by atoms with Gasteiger partial charge in [0.25, 0.3) is 5.91 Å². The van der Waals surface area contributed by atoms with Gasteiger partial charge in [0.05, 0.1) is 38.5 Å². The van der Waals surface area contributed by atoms with Crippen LogP contribution < -0.4 is 5.32 Å². The minimum atomic E-state index is -0.632. The van der Waals surface area contributed by atoms with Gasteiger partial charge in [-0.05, 0) is 44.9 Å². The highest BCUT2D eigenvalue weighted by Gasteiger charge is 2.56. The van der Waals surface area contributed by atoms with Crippen molar-refractivity contribution in [2.24, 2.45) is 0 Å². The number of anilines is 1. The van der Waals surface area contributed by atoms with Crippen molar-refractivity contribution in [3.05, 3.63) is 29.1 Å². The van der Waals surface area contributed by atoms with E-state index in [1.54, 1.807) is 13.8 Å². The van der Waals surface area contributed by atoms with E-state index >= 15 is 0 Å². The van der Waals surface area contributed by atoms with E-state index in [0.29, 0.717) is 15.7 Å². The Morgan fingerprint density at radius 1 is 1.28 bits per heavy atom. The van der Waals surface area contributed by atoms with Crippen molar-refractivity contribution >= 4 is 17.6 Å². The molecule has 0 atom stereocenters. The van der Waals surface area contributed by atoms with Crippen LogP contribution in [0, 0.1) is 12.7 Å². The van der Waals surface area contributed by atoms with Crippen molar-refractivity contribution < 1.29 is 23.2 Å². The molecule has 0 saturated heterocycles. The number of aryl methyl sites for hydroxylation is 1. The molecule has 1 N–H and O–H groups in total. The van der Waals surface area contributed by atoms with Gasteiger partial charge in [0.2, 0.25) is 0 Å². The lowest BCUT2D eigenvalue weighted by Crippen LogP contribution is -2.69. The number of halogens is 1. The molecule has 0 heterocycles. The van der Waals surface area contributed by atoms with Crippen LogP contribution >= 0.6 is 0 Å². The Morgan fingerprint density at radius 2 is 1.92 bits per heavy atom. The number of nitrogens with one attached hydrogen (secondary N) is 1. The molecule has 0 bridgehead atoms. The maximum Gasteiger partial charge on any atom is 0.340 e. The molecule has 1 amide bonds. The number of esters is 1. The number of hydrogen-bond donors (Lipinski definition) is 1. The third-order valence-corrected chi connectivity index (χ3v) is 5.59. The Hall–Kier alpha value is -1.95. The van der Waals surface area contributed by atoms with Crippen LogP contribution in [0.5, 0.6) is 0 Å². The van der Waals surface area contributed by atoms with E-state index in [1.165, 1.54) is 6.07 Å². The average Bonchev–Trinajstić information content (AvgIpc) is 2.48.